The van der Waals surface area contributed by atoms with Gasteiger partial charge in [0.25, 0.3) is 0 Å². The molecule has 0 radical (unpaired) electrons. The third kappa shape index (κ3) is 3.82. The van der Waals surface area contributed by atoms with Gasteiger partial charge >= 0.3 is 12.0 Å². The number of nitrogens with zero attached hydrogens (tertiary/aromatic N) is 1. The molecule has 0 aliphatic rings. The first-order valence-corrected chi connectivity index (χ1v) is 6.73. The van der Waals surface area contributed by atoms with Gasteiger partial charge in [0.2, 0.25) is 0 Å². The van der Waals surface area contributed by atoms with E-state index in [-0.39, 0.29) is 13.2 Å². The van der Waals surface area contributed by atoms with Gasteiger partial charge in [-0.2, -0.15) is 0 Å². The lowest BCUT2D eigenvalue weighted by Gasteiger charge is -2.10. The van der Waals surface area contributed by atoms with Crippen molar-refractivity contribution in [2.75, 3.05) is 18.5 Å². The smallest absolute Gasteiger partial charge is 0.325 e. The zero-order valence-electron chi connectivity index (χ0n) is 11.4. The molecular weight excluding hydrogens is 294 g/mol. The van der Waals surface area contributed by atoms with Gasteiger partial charge in [-0.1, -0.05) is 11.6 Å². The molecule has 0 aliphatic carbocycles. The van der Waals surface area contributed by atoms with E-state index in [9.17, 15) is 9.59 Å². The topological polar surface area (TPSA) is 80.3 Å². The van der Waals surface area contributed by atoms with Crippen molar-refractivity contribution in [1.82, 2.24) is 10.3 Å². The Hall–Kier alpha value is -2.34. The molecule has 0 aliphatic heterocycles. The summed E-state index contributed by atoms with van der Waals surface area (Å²) < 4.78 is 4.72. The van der Waals surface area contributed by atoms with Crippen LogP contribution >= 0.6 is 11.6 Å². The van der Waals surface area contributed by atoms with Gasteiger partial charge in [0.15, 0.2) is 0 Å². The molecule has 2 rings (SSSR count). The number of halogens is 1. The number of pyridine rings is 1. The lowest BCUT2D eigenvalue weighted by molar-refractivity contribution is -0.141. The fourth-order valence-corrected chi connectivity index (χ4v) is 1.99. The predicted molar refractivity (Wildman–Crippen MR) is 80.4 cm³/mol. The molecule has 0 saturated heterocycles. The fraction of sp³-hybridized carbons (Fsp3) is 0.214. The lowest BCUT2D eigenvalue weighted by atomic mass is 10.2. The maximum absolute atomic E-state index is 11.8. The number of carbonyl (C=O) groups is 2. The van der Waals surface area contributed by atoms with E-state index in [1.165, 1.54) is 0 Å². The number of benzene rings is 1. The number of esters is 1. The van der Waals surface area contributed by atoms with E-state index in [4.69, 9.17) is 16.3 Å². The highest BCUT2D eigenvalue weighted by molar-refractivity contribution is 6.35. The van der Waals surface area contributed by atoms with Gasteiger partial charge in [0.1, 0.15) is 6.54 Å². The average Bonchev–Trinajstić information content (AvgIpc) is 2.49. The molecule has 0 bridgehead atoms. The predicted octanol–water partition coefficient (Wildman–Crippen LogP) is 2.57. The number of hydrogen-bond acceptors (Lipinski definition) is 4. The molecular formula is C14H14ClN3O3. The van der Waals surface area contributed by atoms with E-state index >= 15 is 0 Å². The van der Waals surface area contributed by atoms with Crippen LogP contribution in [-0.4, -0.2) is 30.1 Å². The van der Waals surface area contributed by atoms with E-state index < -0.39 is 12.0 Å². The Morgan fingerprint density at radius 2 is 2.14 bits per heavy atom. The molecule has 0 unspecified atom stereocenters. The van der Waals surface area contributed by atoms with Crippen LogP contribution in [-0.2, 0) is 9.53 Å². The number of ether oxygens (including phenoxy) is 1. The second-order valence-corrected chi connectivity index (χ2v) is 4.51. The molecule has 1 aromatic heterocycles. The van der Waals surface area contributed by atoms with Crippen molar-refractivity contribution in [3.8, 4) is 0 Å². The monoisotopic (exact) mass is 307 g/mol. The Bertz CT molecular complexity index is 676. The quantitative estimate of drug-likeness (QED) is 0.851. The zero-order chi connectivity index (χ0) is 15.2. The molecule has 0 spiro atoms. The van der Waals surface area contributed by atoms with Crippen molar-refractivity contribution in [3.05, 3.63) is 35.5 Å². The van der Waals surface area contributed by atoms with Gasteiger partial charge in [-0.15, -0.1) is 0 Å². The van der Waals surface area contributed by atoms with Crippen LogP contribution in [0, 0.1) is 0 Å². The number of anilines is 1. The van der Waals surface area contributed by atoms with E-state index in [0.29, 0.717) is 16.2 Å². The molecule has 110 valence electrons. The minimum atomic E-state index is -0.516. The Morgan fingerprint density at radius 1 is 1.33 bits per heavy atom. The molecule has 6 nitrogen and oxygen atoms in total. The summed E-state index contributed by atoms with van der Waals surface area (Å²) >= 11 is 6.07. The minimum Gasteiger partial charge on any atom is -0.465 e. The van der Waals surface area contributed by atoms with Crippen LogP contribution in [0.25, 0.3) is 10.9 Å². The highest BCUT2D eigenvalue weighted by atomic mass is 35.5. The Labute approximate surface area is 126 Å². The number of aromatic nitrogens is 1. The van der Waals surface area contributed by atoms with Gasteiger partial charge in [0, 0.05) is 11.6 Å². The van der Waals surface area contributed by atoms with Gasteiger partial charge in [-0.05, 0) is 31.2 Å². The first kappa shape index (κ1) is 15.1. The summed E-state index contributed by atoms with van der Waals surface area (Å²) in [6.45, 7) is 1.77. The van der Waals surface area contributed by atoms with Gasteiger partial charge in [0.05, 0.1) is 22.8 Å². The Kier molecular flexibility index (Phi) is 4.94. The van der Waals surface area contributed by atoms with Crippen molar-refractivity contribution in [3.63, 3.8) is 0 Å². The number of urea groups is 1. The van der Waals surface area contributed by atoms with Gasteiger partial charge in [-0.25, -0.2) is 4.79 Å². The molecule has 7 heteroatoms. The van der Waals surface area contributed by atoms with Crippen LogP contribution in [0.1, 0.15) is 6.92 Å². The van der Waals surface area contributed by atoms with Crippen LogP contribution in [0.4, 0.5) is 10.5 Å². The van der Waals surface area contributed by atoms with Crippen molar-refractivity contribution in [2.45, 2.75) is 6.92 Å². The van der Waals surface area contributed by atoms with Crippen LogP contribution in [0.15, 0.2) is 30.5 Å². The molecule has 0 atom stereocenters. The highest BCUT2D eigenvalue weighted by Crippen LogP contribution is 2.27. The van der Waals surface area contributed by atoms with E-state index in [1.54, 1.807) is 31.3 Å². The first-order valence-electron chi connectivity index (χ1n) is 6.35. The van der Waals surface area contributed by atoms with Crippen molar-refractivity contribution in [1.29, 1.82) is 0 Å². The third-order valence-electron chi connectivity index (χ3n) is 2.66. The summed E-state index contributed by atoms with van der Waals surface area (Å²) in [6.07, 6.45) is 1.61. The molecule has 21 heavy (non-hydrogen) atoms. The Balaban J connectivity index is 2.08. The van der Waals surface area contributed by atoms with Crippen molar-refractivity contribution >= 4 is 40.2 Å². The molecule has 2 N–H and O–H groups in total. The Morgan fingerprint density at radius 3 is 2.90 bits per heavy atom. The summed E-state index contributed by atoms with van der Waals surface area (Å²) in [5.74, 6) is -0.494. The maximum atomic E-state index is 11.8. The number of carbonyl (C=O) groups excluding carboxylic acids is 2. The van der Waals surface area contributed by atoms with Gasteiger partial charge in [-0.3, -0.25) is 9.78 Å². The van der Waals surface area contributed by atoms with Crippen molar-refractivity contribution < 1.29 is 14.3 Å². The summed E-state index contributed by atoms with van der Waals surface area (Å²) in [6, 6.07) is 6.39. The highest BCUT2D eigenvalue weighted by Gasteiger charge is 2.10. The minimum absolute atomic E-state index is 0.196. The zero-order valence-corrected chi connectivity index (χ0v) is 12.1. The number of fused-ring (bicyclic) bond motifs is 1. The van der Waals surface area contributed by atoms with Crippen LogP contribution in [0.2, 0.25) is 5.02 Å². The second-order valence-electron chi connectivity index (χ2n) is 4.11. The van der Waals surface area contributed by atoms with Crippen LogP contribution < -0.4 is 10.6 Å². The summed E-state index contributed by atoms with van der Waals surface area (Å²) in [4.78, 5) is 27.1. The molecule has 1 aromatic carbocycles. The molecule has 0 saturated carbocycles. The standard InChI is InChI=1S/C14H14ClN3O3/c1-2-21-12(19)8-17-14(20)18-11-6-5-10(15)9-4-3-7-16-13(9)11/h3-7H,2,8H2,1H3,(H2,17,18,20). The normalized spacial score (nSPS) is 10.2. The summed E-state index contributed by atoms with van der Waals surface area (Å²) in [5.41, 5.74) is 1.09. The molecule has 2 aromatic rings. The number of rotatable bonds is 4. The van der Waals surface area contributed by atoms with E-state index in [1.807, 2.05) is 6.07 Å². The van der Waals surface area contributed by atoms with E-state index in [2.05, 4.69) is 15.6 Å². The van der Waals surface area contributed by atoms with E-state index in [0.717, 1.165) is 5.39 Å². The maximum Gasteiger partial charge on any atom is 0.325 e. The number of amides is 2. The fourth-order valence-electron chi connectivity index (χ4n) is 1.77. The molecule has 1 heterocycles. The lowest BCUT2D eigenvalue weighted by Crippen LogP contribution is -2.34. The van der Waals surface area contributed by atoms with Gasteiger partial charge < -0.3 is 15.4 Å². The number of nitrogens with one attached hydrogen (secondary N) is 2. The largest absolute Gasteiger partial charge is 0.465 e. The molecule has 2 amide bonds. The van der Waals surface area contributed by atoms with Crippen LogP contribution in [0.5, 0.6) is 0 Å². The second kappa shape index (κ2) is 6.90. The number of hydrogen-bond donors (Lipinski definition) is 2. The summed E-state index contributed by atoms with van der Waals surface area (Å²) in [5, 5.41) is 6.33. The van der Waals surface area contributed by atoms with Crippen molar-refractivity contribution in [2.24, 2.45) is 0 Å². The SMILES string of the molecule is CCOC(=O)CNC(=O)Nc1ccc(Cl)c2cccnc12. The summed E-state index contributed by atoms with van der Waals surface area (Å²) in [7, 11) is 0. The average molecular weight is 308 g/mol. The third-order valence-corrected chi connectivity index (χ3v) is 2.99. The van der Waals surface area contributed by atoms with Crippen LogP contribution in [0.3, 0.4) is 0 Å². The first-order chi connectivity index (χ1) is 10.1. The molecule has 0 fully saturated rings.